The van der Waals surface area contributed by atoms with Crippen molar-refractivity contribution in [3.63, 3.8) is 0 Å². The highest BCUT2D eigenvalue weighted by Crippen LogP contribution is 2.36. The second kappa shape index (κ2) is 6.46. The van der Waals surface area contributed by atoms with Crippen LogP contribution in [0, 0.1) is 5.82 Å². The third-order valence-electron chi connectivity index (χ3n) is 3.57. The largest absolute Gasteiger partial charge is 0.501 e. The molecule has 0 unspecified atom stereocenters. The van der Waals surface area contributed by atoms with Crippen LogP contribution in [0.1, 0.15) is 0 Å². The maximum Gasteiger partial charge on any atom is 0.501 e. The summed E-state index contributed by atoms with van der Waals surface area (Å²) < 4.78 is 79.7. The number of rotatable bonds is 2. The van der Waals surface area contributed by atoms with Crippen LogP contribution in [0.3, 0.4) is 0 Å². The first kappa shape index (κ1) is 18.3. The van der Waals surface area contributed by atoms with Gasteiger partial charge in [0.15, 0.2) is 0 Å². The molecule has 1 heterocycles. The molecule has 1 aromatic rings. The van der Waals surface area contributed by atoms with Crippen LogP contribution in [0.4, 0.5) is 28.0 Å². The first-order valence-electron chi connectivity index (χ1n) is 6.76. The predicted molar refractivity (Wildman–Crippen MR) is 75.8 cm³/mol. The summed E-state index contributed by atoms with van der Waals surface area (Å²) in [6, 6.07) is 2.23. The lowest BCUT2D eigenvalue weighted by Crippen LogP contribution is -2.49. The molecule has 2 rings (SSSR count). The van der Waals surface area contributed by atoms with E-state index in [1.165, 1.54) is 16.9 Å². The molecule has 0 spiro atoms. The monoisotopic (exact) mass is 370 g/mol. The van der Waals surface area contributed by atoms with E-state index in [2.05, 4.69) is 4.74 Å². The first-order valence-corrected chi connectivity index (χ1v) is 8.25. The highest BCUT2D eigenvalue weighted by atomic mass is 32.2. The number of sulfone groups is 1. The molecule has 134 valence electrons. The van der Waals surface area contributed by atoms with Gasteiger partial charge in [-0.15, -0.1) is 0 Å². The van der Waals surface area contributed by atoms with Crippen LogP contribution >= 0.6 is 0 Å². The van der Waals surface area contributed by atoms with E-state index in [1.807, 2.05) is 0 Å². The number of methoxy groups -OCH3 is 1. The minimum absolute atomic E-state index is 0.0844. The normalized spacial score (nSPS) is 16.2. The Morgan fingerprint density at radius 1 is 1.17 bits per heavy atom. The quantitative estimate of drug-likeness (QED) is 0.745. The van der Waals surface area contributed by atoms with E-state index in [9.17, 15) is 30.8 Å². The molecule has 0 radical (unpaired) electrons. The number of carbonyl (C=O) groups is 1. The highest BCUT2D eigenvalue weighted by Gasteiger charge is 2.48. The van der Waals surface area contributed by atoms with Crippen LogP contribution in [0.15, 0.2) is 23.1 Å². The van der Waals surface area contributed by atoms with Gasteiger partial charge in [0.1, 0.15) is 10.7 Å². The van der Waals surface area contributed by atoms with Gasteiger partial charge in [-0.25, -0.2) is 17.6 Å². The smallest absolute Gasteiger partial charge is 0.453 e. The lowest BCUT2D eigenvalue weighted by atomic mass is 10.2. The summed E-state index contributed by atoms with van der Waals surface area (Å²) in [6.07, 6.45) is -0.586. The van der Waals surface area contributed by atoms with Gasteiger partial charge < -0.3 is 14.5 Å². The van der Waals surface area contributed by atoms with E-state index < -0.39 is 32.2 Å². The maximum atomic E-state index is 13.3. The van der Waals surface area contributed by atoms with Crippen LogP contribution in [0.5, 0.6) is 0 Å². The number of halogens is 4. The second-order valence-corrected chi connectivity index (χ2v) is 6.91. The van der Waals surface area contributed by atoms with Crippen LogP contribution in [-0.2, 0) is 14.6 Å². The topological polar surface area (TPSA) is 66.9 Å². The van der Waals surface area contributed by atoms with Crippen molar-refractivity contribution in [3.05, 3.63) is 24.0 Å². The molecule has 0 aliphatic carbocycles. The Kier molecular flexibility index (Phi) is 4.92. The number of amides is 1. The van der Waals surface area contributed by atoms with E-state index in [0.29, 0.717) is 6.07 Å². The Morgan fingerprint density at radius 2 is 1.75 bits per heavy atom. The molecule has 1 saturated heterocycles. The number of carbonyl (C=O) groups excluding carboxylic acids is 1. The molecular formula is C13H14F4N2O4S. The number of piperazine rings is 1. The zero-order valence-corrected chi connectivity index (χ0v) is 13.3. The van der Waals surface area contributed by atoms with Crippen molar-refractivity contribution < 1.29 is 35.5 Å². The number of hydrogen-bond donors (Lipinski definition) is 0. The van der Waals surface area contributed by atoms with Crippen molar-refractivity contribution in [1.29, 1.82) is 0 Å². The Labute approximate surface area is 135 Å². The van der Waals surface area contributed by atoms with Crippen molar-refractivity contribution in [1.82, 2.24) is 4.90 Å². The summed E-state index contributed by atoms with van der Waals surface area (Å²) in [5, 5.41) is 0. The summed E-state index contributed by atoms with van der Waals surface area (Å²) in [5.41, 5.74) is -5.79. The van der Waals surface area contributed by atoms with Crippen LogP contribution < -0.4 is 4.90 Å². The van der Waals surface area contributed by atoms with Gasteiger partial charge in [-0.3, -0.25) is 0 Å². The van der Waals surface area contributed by atoms with Crippen molar-refractivity contribution in [2.75, 3.05) is 38.2 Å². The third kappa shape index (κ3) is 3.40. The third-order valence-corrected chi connectivity index (χ3v) is 5.08. The van der Waals surface area contributed by atoms with E-state index in [-0.39, 0.29) is 31.9 Å². The Bertz CT molecular complexity index is 728. The van der Waals surface area contributed by atoms with Crippen molar-refractivity contribution in [3.8, 4) is 0 Å². The second-order valence-electron chi connectivity index (χ2n) is 5.01. The molecule has 24 heavy (non-hydrogen) atoms. The van der Waals surface area contributed by atoms with E-state index >= 15 is 0 Å². The fraction of sp³-hybridized carbons (Fsp3) is 0.462. The Balaban J connectivity index is 2.35. The summed E-state index contributed by atoms with van der Waals surface area (Å²) >= 11 is 0. The molecule has 6 nitrogen and oxygen atoms in total. The van der Waals surface area contributed by atoms with Gasteiger partial charge in [0.05, 0.1) is 12.8 Å². The average molecular weight is 370 g/mol. The predicted octanol–water partition coefficient (Wildman–Crippen LogP) is 2.01. The first-order chi connectivity index (χ1) is 11.1. The lowest BCUT2D eigenvalue weighted by Gasteiger charge is -2.36. The van der Waals surface area contributed by atoms with Crippen molar-refractivity contribution in [2.24, 2.45) is 0 Å². The van der Waals surface area contributed by atoms with E-state index in [1.54, 1.807) is 0 Å². The lowest BCUT2D eigenvalue weighted by molar-refractivity contribution is -0.0435. The zero-order valence-electron chi connectivity index (χ0n) is 12.5. The molecule has 11 heteroatoms. The molecule has 1 aromatic carbocycles. The van der Waals surface area contributed by atoms with Gasteiger partial charge in [0.2, 0.25) is 0 Å². The van der Waals surface area contributed by atoms with Gasteiger partial charge in [-0.1, -0.05) is 0 Å². The van der Waals surface area contributed by atoms with Gasteiger partial charge in [-0.05, 0) is 18.2 Å². The van der Waals surface area contributed by atoms with Gasteiger partial charge in [-0.2, -0.15) is 13.2 Å². The molecule has 0 N–H and O–H groups in total. The summed E-state index contributed by atoms with van der Waals surface area (Å²) in [7, 11) is -4.50. The van der Waals surface area contributed by atoms with Gasteiger partial charge >= 0.3 is 11.6 Å². The molecule has 0 aromatic heterocycles. The van der Waals surface area contributed by atoms with Crippen LogP contribution in [0.2, 0.25) is 0 Å². The van der Waals surface area contributed by atoms with Gasteiger partial charge in [0.25, 0.3) is 9.84 Å². The number of hydrogen-bond acceptors (Lipinski definition) is 5. The Morgan fingerprint density at radius 3 is 2.25 bits per heavy atom. The minimum Gasteiger partial charge on any atom is -0.453 e. The number of nitrogens with zero attached hydrogens (tertiary/aromatic N) is 2. The fourth-order valence-electron chi connectivity index (χ4n) is 2.35. The number of benzene rings is 1. The summed E-state index contributed by atoms with van der Waals surface area (Å²) in [5.74, 6) is -1.09. The molecule has 1 aliphatic heterocycles. The highest BCUT2D eigenvalue weighted by molar-refractivity contribution is 7.92. The molecule has 0 saturated carbocycles. The zero-order chi connectivity index (χ0) is 18.1. The van der Waals surface area contributed by atoms with Gasteiger partial charge in [0, 0.05) is 26.2 Å². The Hall–Kier alpha value is -2.04. The average Bonchev–Trinajstić information content (AvgIpc) is 2.53. The van der Waals surface area contributed by atoms with E-state index in [4.69, 9.17) is 0 Å². The molecular weight excluding hydrogens is 356 g/mol. The number of ether oxygens (including phenoxy) is 1. The maximum absolute atomic E-state index is 13.3. The summed E-state index contributed by atoms with van der Waals surface area (Å²) in [4.78, 5) is 13.0. The molecule has 0 bridgehead atoms. The number of alkyl halides is 3. The summed E-state index contributed by atoms with van der Waals surface area (Å²) in [6.45, 7) is 0.438. The molecule has 1 amide bonds. The molecule has 1 fully saturated rings. The minimum atomic E-state index is -5.70. The molecule has 0 atom stereocenters. The van der Waals surface area contributed by atoms with Crippen molar-refractivity contribution >= 4 is 21.6 Å². The van der Waals surface area contributed by atoms with Crippen molar-refractivity contribution in [2.45, 2.75) is 10.4 Å². The van der Waals surface area contributed by atoms with Crippen LogP contribution in [-0.4, -0.2) is 58.2 Å². The SMILES string of the molecule is COC(=O)N1CCN(c2ccc(F)cc2S(=O)(=O)C(F)(F)F)CC1. The number of anilines is 1. The van der Waals surface area contributed by atoms with E-state index in [0.717, 1.165) is 12.1 Å². The van der Waals surface area contributed by atoms with Crippen LogP contribution in [0.25, 0.3) is 0 Å². The standard InChI is InChI=1S/C13H14F4N2O4S/c1-23-12(20)19-6-4-18(5-7-19)10-3-2-9(14)8-11(10)24(21,22)13(15,16)17/h2-3,8H,4-7H2,1H3. The fourth-order valence-corrected chi connectivity index (χ4v) is 3.34. The molecule has 1 aliphatic rings.